The van der Waals surface area contributed by atoms with E-state index in [1.54, 1.807) is 12.1 Å². The van der Waals surface area contributed by atoms with E-state index in [1.165, 1.54) is 16.4 Å². The van der Waals surface area contributed by atoms with Crippen LogP contribution in [0.4, 0.5) is 0 Å². The normalized spacial score (nSPS) is 18.8. The van der Waals surface area contributed by atoms with E-state index in [0.717, 1.165) is 43.9 Å². The van der Waals surface area contributed by atoms with Crippen molar-refractivity contribution in [3.05, 3.63) is 41.5 Å². The van der Waals surface area contributed by atoms with E-state index >= 15 is 0 Å². The minimum absolute atomic E-state index is 0.244. The number of hydrogen-bond donors (Lipinski definition) is 0. The molecule has 25 heavy (non-hydrogen) atoms. The molecule has 0 radical (unpaired) electrons. The predicted octanol–water partition coefficient (Wildman–Crippen LogP) is 1.66. The van der Waals surface area contributed by atoms with E-state index < -0.39 is 10.0 Å². The van der Waals surface area contributed by atoms with Crippen LogP contribution in [0, 0.1) is 11.3 Å². The molecule has 0 atom stereocenters. The second-order valence-electron chi connectivity index (χ2n) is 6.54. The Morgan fingerprint density at radius 2 is 1.80 bits per heavy atom. The monoisotopic (exact) mass is 357 g/mol. The number of nitriles is 1. The number of aryl methyl sites for hydroxylation is 1. The average Bonchev–Trinajstić information content (AvgIpc) is 3.25. The minimum atomic E-state index is -3.51. The maximum absolute atomic E-state index is 12.8. The number of benzene rings is 1. The molecule has 0 aliphatic carbocycles. The second-order valence-corrected chi connectivity index (χ2v) is 8.48. The Labute approximate surface area is 147 Å². The van der Waals surface area contributed by atoms with Crippen LogP contribution in [0.3, 0.4) is 0 Å². The van der Waals surface area contributed by atoms with Crippen LogP contribution >= 0.6 is 0 Å². The van der Waals surface area contributed by atoms with Crippen molar-refractivity contribution >= 4 is 10.0 Å². The molecule has 0 N–H and O–H groups in total. The first-order chi connectivity index (χ1) is 12.1. The molecule has 0 saturated carbocycles. The van der Waals surface area contributed by atoms with Crippen molar-refractivity contribution in [1.29, 1.82) is 5.26 Å². The third kappa shape index (κ3) is 2.83. The van der Waals surface area contributed by atoms with Crippen molar-refractivity contribution in [3.63, 3.8) is 0 Å². The molecule has 1 fully saturated rings. The van der Waals surface area contributed by atoms with Gasteiger partial charge in [0.2, 0.25) is 10.0 Å². The molecule has 7 nitrogen and oxygen atoms in total. The van der Waals surface area contributed by atoms with E-state index in [-0.39, 0.29) is 10.8 Å². The maximum atomic E-state index is 12.8. The highest BCUT2D eigenvalue weighted by molar-refractivity contribution is 7.89. The van der Waals surface area contributed by atoms with Gasteiger partial charge in [0.15, 0.2) is 0 Å². The van der Waals surface area contributed by atoms with Crippen LogP contribution < -0.4 is 0 Å². The molecule has 0 spiro atoms. The number of fused-ring (bicyclic) bond motifs is 1. The van der Waals surface area contributed by atoms with Gasteiger partial charge < -0.3 is 4.57 Å². The fraction of sp³-hybridized carbons (Fsp3) is 0.471. The quantitative estimate of drug-likeness (QED) is 0.833. The van der Waals surface area contributed by atoms with E-state index in [2.05, 4.69) is 14.8 Å². The van der Waals surface area contributed by atoms with Gasteiger partial charge in [-0.15, -0.1) is 10.2 Å². The number of nitrogens with zero attached hydrogens (tertiary/aromatic N) is 5. The Kier molecular flexibility index (Phi) is 4.06. The van der Waals surface area contributed by atoms with Gasteiger partial charge >= 0.3 is 0 Å². The van der Waals surface area contributed by atoms with E-state index in [9.17, 15) is 8.42 Å². The maximum Gasteiger partial charge on any atom is 0.243 e. The Morgan fingerprint density at radius 1 is 1.08 bits per heavy atom. The van der Waals surface area contributed by atoms with Crippen molar-refractivity contribution in [2.75, 3.05) is 13.1 Å². The highest BCUT2D eigenvalue weighted by Gasteiger charge is 2.32. The summed E-state index contributed by atoms with van der Waals surface area (Å²) in [5.74, 6) is 2.34. The van der Waals surface area contributed by atoms with Gasteiger partial charge in [-0.05, 0) is 43.5 Å². The Hall–Kier alpha value is -2.24. The smallest absolute Gasteiger partial charge is 0.243 e. The number of aromatic nitrogens is 3. The lowest BCUT2D eigenvalue weighted by Gasteiger charge is -2.30. The Morgan fingerprint density at radius 3 is 2.48 bits per heavy atom. The molecule has 130 valence electrons. The molecule has 0 bridgehead atoms. The second kappa shape index (κ2) is 6.24. The molecule has 1 saturated heterocycles. The predicted molar refractivity (Wildman–Crippen MR) is 90.2 cm³/mol. The van der Waals surface area contributed by atoms with E-state index in [0.29, 0.717) is 18.7 Å². The first kappa shape index (κ1) is 16.2. The van der Waals surface area contributed by atoms with Crippen molar-refractivity contribution < 1.29 is 8.42 Å². The van der Waals surface area contributed by atoms with Crippen LogP contribution in [0.2, 0.25) is 0 Å². The third-order valence-corrected chi connectivity index (χ3v) is 6.99. The Balaban J connectivity index is 1.48. The molecule has 1 aromatic carbocycles. The standard InChI is InChI=1S/C17H19N5O2S/c18-12-13-3-5-15(6-4-13)25(23,24)21-10-7-14(8-11-21)17-20-19-16-2-1-9-22(16)17/h3-6,14H,1-2,7-11H2. The van der Waals surface area contributed by atoms with Crippen LogP contribution in [0.1, 0.15) is 42.4 Å². The molecule has 0 unspecified atom stereocenters. The van der Waals surface area contributed by atoms with Gasteiger partial charge in [0.1, 0.15) is 11.6 Å². The van der Waals surface area contributed by atoms with Crippen LogP contribution in [-0.2, 0) is 23.0 Å². The van der Waals surface area contributed by atoms with E-state index in [4.69, 9.17) is 5.26 Å². The van der Waals surface area contributed by atoms with Crippen LogP contribution in [-0.4, -0.2) is 40.6 Å². The third-order valence-electron chi connectivity index (χ3n) is 5.08. The fourth-order valence-corrected chi connectivity index (χ4v) is 5.15. The molecule has 2 aromatic rings. The summed E-state index contributed by atoms with van der Waals surface area (Å²) in [6, 6.07) is 8.10. The summed E-state index contributed by atoms with van der Waals surface area (Å²) in [4.78, 5) is 0.244. The van der Waals surface area contributed by atoms with Gasteiger partial charge in [0.25, 0.3) is 0 Å². The van der Waals surface area contributed by atoms with Gasteiger partial charge in [0.05, 0.1) is 16.5 Å². The number of hydrogen-bond acceptors (Lipinski definition) is 5. The molecule has 4 rings (SSSR count). The van der Waals surface area contributed by atoms with Gasteiger partial charge in [-0.25, -0.2) is 8.42 Å². The van der Waals surface area contributed by atoms with E-state index in [1.807, 2.05) is 6.07 Å². The summed E-state index contributed by atoms with van der Waals surface area (Å²) in [7, 11) is -3.51. The van der Waals surface area contributed by atoms with Gasteiger partial charge in [-0.3, -0.25) is 0 Å². The summed E-state index contributed by atoms with van der Waals surface area (Å²) in [5, 5.41) is 17.4. The van der Waals surface area contributed by atoms with Crippen molar-refractivity contribution in [3.8, 4) is 6.07 Å². The molecular formula is C17H19N5O2S. The van der Waals surface area contributed by atoms with Crippen LogP contribution in [0.25, 0.3) is 0 Å². The molecule has 0 amide bonds. The molecule has 1 aromatic heterocycles. The highest BCUT2D eigenvalue weighted by atomic mass is 32.2. The van der Waals surface area contributed by atoms with Crippen molar-refractivity contribution in [2.24, 2.45) is 0 Å². The molecule has 2 aliphatic heterocycles. The van der Waals surface area contributed by atoms with Gasteiger partial charge in [-0.1, -0.05) is 0 Å². The zero-order chi connectivity index (χ0) is 17.4. The summed E-state index contributed by atoms with van der Waals surface area (Å²) in [6.45, 7) is 1.94. The number of rotatable bonds is 3. The number of sulfonamides is 1. The van der Waals surface area contributed by atoms with Gasteiger partial charge in [0, 0.05) is 32.0 Å². The largest absolute Gasteiger partial charge is 0.315 e. The molecule has 2 aliphatic rings. The summed E-state index contributed by atoms with van der Waals surface area (Å²) in [5.41, 5.74) is 0.457. The summed E-state index contributed by atoms with van der Waals surface area (Å²) < 4.78 is 29.3. The number of piperidine rings is 1. The first-order valence-electron chi connectivity index (χ1n) is 8.52. The topological polar surface area (TPSA) is 91.9 Å². The Bertz CT molecular complexity index is 919. The molecule has 8 heteroatoms. The first-order valence-corrected chi connectivity index (χ1v) is 9.96. The van der Waals surface area contributed by atoms with Gasteiger partial charge in [-0.2, -0.15) is 9.57 Å². The lowest BCUT2D eigenvalue weighted by Crippen LogP contribution is -2.38. The lowest BCUT2D eigenvalue weighted by atomic mass is 9.97. The SMILES string of the molecule is N#Cc1ccc(S(=O)(=O)N2CCC(c3nnc4n3CCC4)CC2)cc1. The van der Waals surface area contributed by atoms with Crippen molar-refractivity contribution in [2.45, 2.75) is 43.0 Å². The van der Waals surface area contributed by atoms with Crippen LogP contribution in [0.5, 0.6) is 0 Å². The fourth-order valence-electron chi connectivity index (χ4n) is 3.68. The average molecular weight is 357 g/mol. The zero-order valence-corrected chi connectivity index (χ0v) is 14.6. The summed E-state index contributed by atoms with van der Waals surface area (Å²) >= 11 is 0. The lowest BCUT2D eigenvalue weighted by molar-refractivity contribution is 0.309. The van der Waals surface area contributed by atoms with Crippen molar-refractivity contribution in [1.82, 2.24) is 19.1 Å². The minimum Gasteiger partial charge on any atom is -0.315 e. The molecule has 3 heterocycles. The van der Waals surface area contributed by atoms with Crippen LogP contribution in [0.15, 0.2) is 29.2 Å². The summed E-state index contributed by atoms with van der Waals surface area (Å²) in [6.07, 6.45) is 3.62. The zero-order valence-electron chi connectivity index (χ0n) is 13.8. The molecular weight excluding hydrogens is 338 g/mol. The highest BCUT2D eigenvalue weighted by Crippen LogP contribution is 2.31.